The van der Waals surface area contributed by atoms with Gasteiger partial charge in [0.05, 0.1) is 24.1 Å². The number of hydrogen-bond donors (Lipinski definition) is 1. The van der Waals surface area contributed by atoms with Crippen molar-refractivity contribution in [1.29, 1.82) is 0 Å². The molecule has 1 N–H and O–H groups in total. The quantitative estimate of drug-likeness (QED) is 0.872. The third-order valence-corrected chi connectivity index (χ3v) is 3.69. The highest BCUT2D eigenvalue weighted by molar-refractivity contribution is 9.10. The summed E-state index contributed by atoms with van der Waals surface area (Å²) in [5, 5.41) is 9.15. The van der Waals surface area contributed by atoms with Crippen LogP contribution in [-0.4, -0.2) is 36.7 Å². The van der Waals surface area contributed by atoms with E-state index < -0.39 is 0 Å². The first kappa shape index (κ1) is 16.0. The third kappa shape index (κ3) is 4.21. The molecule has 19 heavy (non-hydrogen) atoms. The molecule has 4 nitrogen and oxygen atoms in total. The van der Waals surface area contributed by atoms with E-state index in [0.717, 1.165) is 15.8 Å². The minimum Gasteiger partial charge on any atom is -0.496 e. The van der Waals surface area contributed by atoms with Gasteiger partial charge in [0, 0.05) is 13.6 Å². The van der Waals surface area contributed by atoms with E-state index in [1.54, 1.807) is 19.1 Å². The minimum absolute atomic E-state index is 0.0306. The van der Waals surface area contributed by atoms with Crippen LogP contribution in [0.4, 0.5) is 0 Å². The summed E-state index contributed by atoms with van der Waals surface area (Å²) >= 11 is 3.42. The molecule has 1 amide bonds. The Morgan fingerprint density at radius 1 is 1.53 bits per heavy atom. The Morgan fingerprint density at radius 2 is 2.21 bits per heavy atom. The van der Waals surface area contributed by atoms with Crippen LogP contribution < -0.4 is 4.74 Å². The van der Waals surface area contributed by atoms with Gasteiger partial charge in [-0.2, -0.15) is 0 Å². The number of methoxy groups -OCH3 is 1. The summed E-state index contributed by atoms with van der Waals surface area (Å²) in [4.78, 5) is 13.7. The predicted molar refractivity (Wildman–Crippen MR) is 78.0 cm³/mol. The molecular weight excluding hydrogens is 310 g/mol. The fourth-order valence-corrected chi connectivity index (χ4v) is 2.44. The van der Waals surface area contributed by atoms with Crippen molar-refractivity contribution in [3.8, 4) is 5.75 Å². The zero-order valence-electron chi connectivity index (χ0n) is 11.5. The lowest BCUT2D eigenvalue weighted by molar-refractivity contribution is -0.136. The summed E-state index contributed by atoms with van der Waals surface area (Å²) in [5.74, 6) is 0.420. The van der Waals surface area contributed by atoms with Gasteiger partial charge >= 0.3 is 0 Å². The highest BCUT2D eigenvalue weighted by atomic mass is 79.9. The summed E-state index contributed by atoms with van der Waals surface area (Å²) in [7, 11) is 3.36. The van der Waals surface area contributed by atoms with Crippen LogP contribution in [0.2, 0.25) is 0 Å². The fourth-order valence-electron chi connectivity index (χ4n) is 1.85. The first-order chi connectivity index (χ1) is 9.03. The second kappa shape index (κ2) is 7.50. The van der Waals surface area contributed by atoms with Crippen LogP contribution in [0.3, 0.4) is 0 Å². The maximum Gasteiger partial charge on any atom is 0.228 e. The molecule has 0 saturated heterocycles. The molecule has 0 spiro atoms. The van der Waals surface area contributed by atoms with E-state index in [2.05, 4.69) is 15.9 Å². The van der Waals surface area contributed by atoms with Crippen molar-refractivity contribution in [2.75, 3.05) is 20.8 Å². The van der Waals surface area contributed by atoms with Gasteiger partial charge in [-0.15, -0.1) is 0 Å². The van der Waals surface area contributed by atoms with Crippen LogP contribution in [0.1, 0.15) is 18.9 Å². The zero-order chi connectivity index (χ0) is 14.4. The first-order valence-electron chi connectivity index (χ1n) is 6.21. The zero-order valence-corrected chi connectivity index (χ0v) is 13.1. The van der Waals surface area contributed by atoms with Gasteiger partial charge in [0.1, 0.15) is 5.75 Å². The lowest BCUT2D eigenvalue weighted by Crippen LogP contribution is -2.33. The van der Waals surface area contributed by atoms with Crippen molar-refractivity contribution in [3.63, 3.8) is 0 Å². The Labute approximate surface area is 122 Å². The van der Waals surface area contributed by atoms with Crippen LogP contribution in [0.15, 0.2) is 22.7 Å². The largest absolute Gasteiger partial charge is 0.496 e. The van der Waals surface area contributed by atoms with Gasteiger partial charge in [-0.25, -0.2) is 0 Å². The number of benzene rings is 1. The van der Waals surface area contributed by atoms with Crippen molar-refractivity contribution < 1.29 is 14.6 Å². The lowest BCUT2D eigenvalue weighted by Gasteiger charge is -2.22. The molecule has 0 fully saturated rings. The summed E-state index contributed by atoms with van der Waals surface area (Å²) in [6, 6.07) is 5.72. The number of amides is 1. The van der Waals surface area contributed by atoms with E-state index in [9.17, 15) is 4.79 Å². The third-order valence-electron chi connectivity index (χ3n) is 3.07. The summed E-state index contributed by atoms with van der Waals surface area (Å²) < 4.78 is 6.03. The predicted octanol–water partition coefficient (Wildman–Crippen LogP) is 2.43. The van der Waals surface area contributed by atoms with Crippen molar-refractivity contribution in [3.05, 3.63) is 28.2 Å². The van der Waals surface area contributed by atoms with Gasteiger partial charge < -0.3 is 14.7 Å². The minimum atomic E-state index is -0.313. The molecule has 1 rings (SSSR count). The maximum atomic E-state index is 12.0. The molecule has 0 aliphatic carbocycles. The number of aliphatic hydroxyl groups is 1. The summed E-state index contributed by atoms with van der Waals surface area (Å²) in [6.45, 7) is 2.31. The number of carbonyl (C=O) groups is 1. The van der Waals surface area contributed by atoms with Crippen LogP contribution >= 0.6 is 15.9 Å². The second-order valence-corrected chi connectivity index (χ2v) is 5.31. The molecule has 5 heteroatoms. The average molecular weight is 330 g/mol. The highest BCUT2D eigenvalue weighted by Gasteiger charge is 2.19. The number of carbonyl (C=O) groups excluding carboxylic acids is 1. The Kier molecular flexibility index (Phi) is 6.31. The summed E-state index contributed by atoms with van der Waals surface area (Å²) in [6.07, 6.45) is 0.645. The van der Waals surface area contributed by atoms with Gasteiger partial charge in [0.15, 0.2) is 0 Å². The van der Waals surface area contributed by atoms with E-state index in [1.165, 1.54) is 0 Å². The molecule has 0 saturated carbocycles. The Bertz CT molecular complexity index is 433. The molecule has 0 radical (unpaired) electrons. The van der Waals surface area contributed by atoms with Gasteiger partial charge in [-0.05, 0) is 40.0 Å². The number of nitrogens with zero attached hydrogens (tertiary/aromatic N) is 1. The molecule has 1 atom stereocenters. The van der Waals surface area contributed by atoms with E-state index in [-0.39, 0.29) is 18.4 Å². The standard InChI is InChI=1S/C14H20BrNO3/c1-4-11(9-17)14(18)16(2)8-10-5-6-13(19-3)12(15)7-10/h5-7,11,17H,4,8-9H2,1-3H3. The van der Waals surface area contributed by atoms with Gasteiger partial charge in [0.25, 0.3) is 0 Å². The van der Waals surface area contributed by atoms with Crippen molar-refractivity contribution in [2.45, 2.75) is 19.9 Å². The molecule has 0 aliphatic heterocycles. The topological polar surface area (TPSA) is 49.8 Å². The van der Waals surface area contributed by atoms with E-state index in [0.29, 0.717) is 13.0 Å². The van der Waals surface area contributed by atoms with Crippen LogP contribution in [-0.2, 0) is 11.3 Å². The normalized spacial score (nSPS) is 12.1. The Balaban J connectivity index is 2.74. The summed E-state index contributed by atoms with van der Waals surface area (Å²) in [5.41, 5.74) is 1.01. The smallest absolute Gasteiger partial charge is 0.228 e. The van der Waals surface area contributed by atoms with E-state index in [4.69, 9.17) is 9.84 Å². The van der Waals surface area contributed by atoms with E-state index in [1.807, 2.05) is 25.1 Å². The molecule has 0 heterocycles. The second-order valence-electron chi connectivity index (χ2n) is 4.45. The molecule has 0 aromatic heterocycles. The Morgan fingerprint density at radius 3 is 2.68 bits per heavy atom. The van der Waals surface area contributed by atoms with Crippen molar-refractivity contribution in [2.24, 2.45) is 5.92 Å². The highest BCUT2D eigenvalue weighted by Crippen LogP contribution is 2.26. The van der Waals surface area contributed by atoms with Crippen LogP contribution in [0.25, 0.3) is 0 Å². The number of ether oxygens (including phenoxy) is 1. The molecule has 0 aliphatic rings. The molecule has 1 aromatic rings. The molecule has 106 valence electrons. The Hall–Kier alpha value is -1.07. The first-order valence-corrected chi connectivity index (χ1v) is 7.01. The molecule has 1 unspecified atom stereocenters. The van der Waals surface area contributed by atoms with Crippen molar-refractivity contribution >= 4 is 21.8 Å². The van der Waals surface area contributed by atoms with Gasteiger partial charge in [0.2, 0.25) is 5.91 Å². The van der Waals surface area contributed by atoms with Gasteiger partial charge in [-0.3, -0.25) is 4.79 Å². The fraction of sp³-hybridized carbons (Fsp3) is 0.500. The number of aliphatic hydroxyl groups excluding tert-OH is 1. The van der Waals surface area contributed by atoms with E-state index >= 15 is 0 Å². The number of rotatable bonds is 6. The number of hydrogen-bond acceptors (Lipinski definition) is 3. The van der Waals surface area contributed by atoms with Crippen LogP contribution in [0.5, 0.6) is 5.75 Å². The molecular formula is C14H20BrNO3. The number of halogens is 1. The molecule has 1 aromatic carbocycles. The lowest BCUT2D eigenvalue weighted by atomic mass is 10.1. The SMILES string of the molecule is CCC(CO)C(=O)N(C)Cc1ccc(OC)c(Br)c1. The van der Waals surface area contributed by atoms with Gasteiger partial charge in [-0.1, -0.05) is 13.0 Å². The average Bonchev–Trinajstić information content (AvgIpc) is 2.40. The van der Waals surface area contributed by atoms with Crippen molar-refractivity contribution in [1.82, 2.24) is 4.90 Å². The maximum absolute atomic E-state index is 12.0. The monoisotopic (exact) mass is 329 g/mol. The molecule has 0 bridgehead atoms. The van der Waals surface area contributed by atoms with Crippen LogP contribution in [0, 0.1) is 5.92 Å².